The predicted octanol–water partition coefficient (Wildman–Crippen LogP) is 6.90. The van der Waals surface area contributed by atoms with Gasteiger partial charge in [0.2, 0.25) is 0 Å². The quantitative estimate of drug-likeness (QED) is 0.239. The molecule has 0 aliphatic carbocycles. The molecule has 0 aromatic carbocycles. The lowest BCUT2D eigenvalue weighted by atomic mass is 10.0. The van der Waals surface area contributed by atoms with Crippen molar-refractivity contribution in [1.29, 1.82) is 0 Å². The molecular formula is C20H36. The highest BCUT2D eigenvalue weighted by Gasteiger charge is 1.93. The van der Waals surface area contributed by atoms with Crippen molar-refractivity contribution in [3.8, 4) is 11.8 Å². The second-order valence-corrected chi connectivity index (χ2v) is 5.80. The van der Waals surface area contributed by atoms with Crippen molar-refractivity contribution in [2.45, 2.75) is 103 Å². The highest BCUT2D eigenvalue weighted by Crippen LogP contribution is 2.12. The molecule has 0 heterocycles. The van der Waals surface area contributed by atoms with Crippen LogP contribution in [0.5, 0.6) is 0 Å². The first kappa shape index (κ1) is 19.6. The van der Waals surface area contributed by atoms with Crippen molar-refractivity contribution in [2.75, 3.05) is 0 Å². The molecule has 116 valence electrons. The maximum Gasteiger partial charge on any atom is 0.00886 e. The molecule has 0 aromatic rings. The van der Waals surface area contributed by atoms with Gasteiger partial charge >= 0.3 is 0 Å². The zero-order chi connectivity index (χ0) is 14.7. The van der Waals surface area contributed by atoms with Crippen LogP contribution in [0.3, 0.4) is 0 Å². The summed E-state index contributed by atoms with van der Waals surface area (Å²) in [6.45, 7) is 7.67. The van der Waals surface area contributed by atoms with E-state index in [1.54, 1.807) is 0 Å². The number of hydrogen-bond acceptors (Lipinski definition) is 0. The fourth-order valence-corrected chi connectivity index (χ4v) is 2.42. The molecule has 0 N–H and O–H groups in total. The van der Waals surface area contributed by atoms with Gasteiger partial charge < -0.3 is 0 Å². The van der Waals surface area contributed by atoms with E-state index < -0.39 is 0 Å². The monoisotopic (exact) mass is 276 g/mol. The lowest BCUT2D eigenvalue weighted by Crippen LogP contribution is -1.82. The standard InChI is InChI=1S/C20H36/c1-3-5-7-9-11-13-15-17-19-20-18-16-14-12-10-8-6-4-2/h1-7,9,11-20H2. The van der Waals surface area contributed by atoms with Gasteiger partial charge in [0.25, 0.3) is 0 Å². The van der Waals surface area contributed by atoms with Crippen LogP contribution in [0.4, 0.5) is 0 Å². The van der Waals surface area contributed by atoms with Gasteiger partial charge in [-0.2, -0.15) is 0 Å². The summed E-state index contributed by atoms with van der Waals surface area (Å²) in [6.07, 6.45) is 20.9. The van der Waals surface area contributed by atoms with E-state index in [0.717, 1.165) is 25.7 Å². The van der Waals surface area contributed by atoms with Crippen molar-refractivity contribution < 1.29 is 0 Å². The Morgan fingerprint density at radius 2 is 0.800 bits per heavy atom. The van der Waals surface area contributed by atoms with Crippen LogP contribution in [0.25, 0.3) is 0 Å². The van der Waals surface area contributed by atoms with Crippen molar-refractivity contribution in [2.24, 2.45) is 0 Å². The van der Waals surface area contributed by atoms with Crippen molar-refractivity contribution in [1.82, 2.24) is 0 Å². The SMILES string of the molecule is [CH2]CCC#CCCCCCCCCCCCCCC[CH2]. The molecule has 20 heavy (non-hydrogen) atoms. The largest absolute Gasteiger partial charge is 0.103 e. The number of rotatable bonds is 14. The van der Waals surface area contributed by atoms with Crippen LogP contribution in [-0.4, -0.2) is 0 Å². The van der Waals surface area contributed by atoms with E-state index in [0.29, 0.717) is 0 Å². The number of unbranched alkanes of at least 4 members (excludes halogenated alkanes) is 14. The van der Waals surface area contributed by atoms with E-state index in [1.807, 2.05) is 0 Å². The van der Waals surface area contributed by atoms with Crippen molar-refractivity contribution in [3.63, 3.8) is 0 Å². The maximum absolute atomic E-state index is 3.88. The smallest absolute Gasteiger partial charge is 0.00886 e. The molecule has 0 saturated heterocycles. The zero-order valence-electron chi connectivity index (χ0n) is 13.7. The minimum atomic E-state index is 0.947. The molecule has 0 spiro atoms. The minimum absolute atomic E-state index is 0.947. The molecule has 0 heteroatoms. The van der Waals surface area contributed by atoms with E-state index in [4.69, 9.17) is 0 Å². The Labute approximate surface area is 129 Å². The van der Waals surface area contributed by atoms with Gasteiger partial charge in [-0.1, -0.05) is 90.9 Å². The van der Waals surface area contributed by atoms with Crippen LogP contribution in [0, 0.1) is 25.7 Å². The summed E-state index contributed by atoms with van der Waals surface area (Å²) in [5.41, 5.74) is 0. The Kier molecular flexibility index (Phi) is 18.2. The van der Waals surface area contributed by atoms with Crippen LogP contribution in [-0.2, 0) is 0 Å². The Bertz CT molecular complexity index is 218. The topological polar surface area (TPSA) is 0 Å². The van der Waals surface area contributed by atoms with Crippen LogP contribution < -0.4 is 0 Å². The van der Waals surface area contributed by atoms with Gasteiger partial charge in [-0.25, -0.2) is 0 Å². The van der Waals surface area contributed by atoms with E-state index in [9.17, 15) is 0 Å². The molecule has 0 bridgehead atoms. The number of hydrogen-bond donors (Lipinski definition) is 0. The summed E-state index contributed by atoms with van der Waals surface area (Å²) in [5, 5.41) is 0. The molecule has 2 radical (unpaired) electrons. The van der Waals surface area contributed by atoms with Gasteiger partial charge in [0.05, 0.1) is 0 Å². The lowest BCUT2D eigenvalue weighted by molar-refractivity contribution is 0.542. The molecule has 0 amide bonds. The van der Waals surface area contributed by atoms with Gasteiger partial charge in [0, 0.05) is 12.8 Å². The Morgan fingerprint density at radius 1 is 0.400 bits per heavy atom. The fourth-order valence-electron chi connectivity index (χ4n) is 2.42. The van der Waals surface area contributed by atoms with Crippen LogP contribution in [0.1, 0.15) is 103 Å². The van der Waals surface area contributed by atoms with Gasteiger partial charge in [-0.05, 0) is 12.8 Å². The van der Waals surface area contributed by atoms with Crippen LogP contribution in [0.2, 0.25) is 0 Å². The molecule has 0 atom stereocenters. The first-order valence-corrected chi connectivity index (χ1v) is 8.96. The minimum Gasteiger partial charge on any atom is -0.103 e. The van der Waals surface area contributed by atoms with Crippen LogP contribution in [0.15, 0.2) is 0 Å². The lowest BCUT2D eigenvalue weighted by Gasteiger charge is -2.02. The van der Waals surface area contributed by atoms with Crippen molar-refractivity contribution in [3.05, 3.63) is 13.8 Å². The molecule has 0 aliphatic heterocycles. The molecule has 0 aromatic heterocycles. The highest BCUT2D eigenvalue weighted by molar-refractivity contribution is 4.98. The van der Waals surface area contributed by atoms with Gasteiger partial charge in [0.1, 0.15) is 0 Å². The average molecular weight is 277 g/mol. The first-order chi connectivity index (χ1) is 9.91. The third-order valence-corrected chi connectivity index (χ3v) is 3.73. The third kappa shape index (κ3) is 17.6. The summed E-state index contributed by atoms with van der Waals surface area (Å²) in [5.74, 6) is 6.39. The molecule has 0 nitrogen and oxygen atoms in total. The highest BCUT2D eigenvalue weighted by atomic mass is 14.0. The molecule has 0 saturated carbocycles. The normalized spacial score (nSPS) is 10.3. The Hall–Kier alpha value is -0.440. The van der Waals surface area contributed by atoms with E-state index in [2.05, 4.69) is 25.7 Å². The predicted molar refractivity (Wildman–Crippen MR) is 92.4 cm³/mol. The zero-order valence-corrected chi connectivity index (χ0v) is 13.7. The maximum atomic E-state index is 3.88. The second-order valence-electron chi connectivity index (χ2n) is 5.80. The third-order valence-electron chi connectivity index (χ3n) is 3.73. The summed E-state index contributed by atoms with van der Waals surface area (Å²) in [7, 11) is 0. The summed E-state index contributed by atoms with van der Waals surface area (Å²) in [4.78, 5) is 0. The molecule has 0 aliphatic rings. The molecule has 0 rings (SSSR count). The van der Waals surface area contributed by atoms with E-state index in [1.165, 1.54) is 77.0 Å². The van der Waals surface area contributed by atoms with E-state index >= 15 is 0 Å². The van der Waals surface area contributed by atoms with Gasteiger partial charge in [-0.3, -0.25) is 0 Å². The second kappa shape index (κ2) is 18.6. The first-order valence-electron chi connectivity index (χ1n) is 8.96. The summed E-state index contributed by atoms with van der Waals surface area (Å²) >= 11 is 0. The molecular weight excluding hydrogens is 240 g/mol. The average Bonchev–Trinajstić information content (AvgIpc) is 2.47. The molecule has 0 fully saturated rings. The summed E-state index contributed by atoms with van der Waals surface area (Å²) < 4.78 is 0. The van der Waals surface area contributed by atoms with Gasteiger partial charge in [0.15, 0.2) is 0 Å². The van der Waals surface area contributed by atoms with Crippen molar-refractivity contribution >= 4 is 0 Å². The Balaban J connectivity index is 2.98. The summed E-state index contributed by atoms with van der Waals surface area (Å²) in [6, 6.07) is 0. The van der Waals surface area contributed by atoms with E-state index in [-0.39, 0.29) is 0 Å². The van der Waals surface area contributed by atoms with Crippen LogP contribution >= 0.6 is 0 Å². The fraction of sp³-hybridized carbons (Fsp3) is 0.800. The van der Waals surface area contributed by atoms with Gasteiger partial charge in [-0.15, -0.1) is 11.8 Å². The Morgan fingerprint density at radius 3 is 1.25 bits per heavy atom. The molecule has 0 unspecified atom stereocenters.